The molecule has 24 heavy (non-hydrogen) atoms. The minimum Gasteiger partial charge on any atom is -0.361 e. The smallest absolute Gasteiger partial charge is 0.228 e. The van der Waals surface area contributed by atoms with E-state index in [0.29, 0.717) is 11.5 Å². The van der Waals surface area contributed by atoms with Gasteiger partial charge in [-0.2, -0.15) is 5.10 Å². The molecule has 0 unspecified atom stereocenters. The van der Waals surface area contributed by atoms with Crippen LogP contribution in [0.1, 0.15) is 5.56 Å². The molecule has 3 heterocycles. The normalized spacial score (nSPS) is 10.8. The van der Waals surface area contributed by atoms with Crippen molar-refractivity contribution < 1.29 is 4.79 Å². The number of fused-ring (bicyclic) bond motifs is 1. The topological polar surface area (TPSA) is 75.6 Å². The van der Waals surface area contributed by atoms with Crippen LogP contribution in [-0.4, -0.2) is 25.7 Å². The lowest BCUT2D eigenvalue weighted by atomic mass is 10.1. The lowest BCUT2D eigenvalue weighted by Crippen LogP contribution is -2.16. The Kier molecular flexibility index (Phi) is 3.55. The van der Waals surface area contributed by atoms with Crippen LogP contribution in [0.15, 0.2) is 67.3 Å². The summed E-state index contributed by atoms with van der Waals surface area (Å²) >= 11 is 0. The standard InChI is InChI=1S/C18H15N5O/c24-17(11-13-12-20-15-6-2-1-5-14(13)15)22-16-7-3-8-19-18(16)23-10-4-9-21-23/h1-10,12,20H,11H2,(H,22,24). The van der Waals surface area contributed by atoms with Crippen LogP contribution in [0, 0.1) is 0 Å². The number of carbonyl (C=O) groups excluding carboxylic acids is 1. The molecule has 0 fully saturated rings. The molecule has 4 rings (SSSR count). The molecule has 6 heteroatoms. The molecule has 1 amide bonds. The summed E-state index contributed by atoms with van der Waals surface area (Å²) in [5.41, 5.74) is 2.62. The van der Waals surface area contributed by atoms with Crippen LogP contribution in [0.4, 0.5) is 5.69 Å². The second-order valence-electron chi connectivity index (χ2n) is 5.41. The van der Waals surface area contributed by atoms with Gasteiger partial charge in [0.2, 0.25) is 5.91 Å². The van der Waals surface area contributed by atoms with Crippen LogP contribution in [0.5, 0.6) is 0 Å². The summed E-state index contributed by atoms with van der Waals surface area (Å²) in [6.07, 6.45) is 7.30. The Hall–Kier alpha value is -3.41. The molecule has 6 nitrogen and oxygen atoms in total. The Balaban J connectivity index is 1.57. The maximum absolute atomic E-state index is 12.5. The van der Waals surface area contributed by atoms with E-state index in [1.165, 1.54) is 0 Å². The number of amides is 1. The maximum atomic E-state index is 12.5. The first-order chi connectivity index (χ1) is 11.8. The molecule has 0 saturated heterocycles. The first kappa shape index (κ1) is 14.2. The summed E-state index contributed by atoms with van der Waals surface area (Å²) in [6, 6.07) is 13.3. The monoisotopic (exact) mass is 317 g/mol. The van der Waals surface area contributed by atoms with E-state index in [1.807, 2.05) is 42.6 Å². The number of pyridine rings is 1. The average molecular weight is 317 g/mol. The van der Waals surface area contributed by atoms with Gasteiger partial charge in [-0.05, 0) is 29.8 Å². The molecule has 0 bridgehead atoms. The minimum atomic E-state index is -0.0961. The summed E-state index contributed by atoms with van der Waals surface area (Å²) in [7, 11) is 0. The molecular weight excluding hydrogens is 302 g/mol. The zero-order valence-electron chi connectivity index (χ0n) is 12.8. The lowest BCUT2D eigenvalue weighted by molar-refractivity contribution is -0.115. The molecule has 4 aromatic rings. The molecular formula is C18H15N5O. The van der Waals surface area contributed by atoms with Gasteiger partial charge in [-0.25, -0.2) is 9.67 Å². The summed E-state index contributed by atoms with van der Waals surface area (Å²) < 4.78 is 1.63. The number of carbonyl (C=O) groups is 1. The number of anilines is 1. The van der Waals surface area contributed by atoms with Crippen LogP contribution < -0.4 is 5.32 Å². The molecule has 0 aliphatic rings. The second-order valence-corrected chi connectivity index (χ2v) is 5.41. The van der Waals surface area contributed by atoms with E-state index in [-0.39, 0.29) is 12.3 Å². The number of nitrogens with one attached hydrogen (secondary N) is 2. The third-order valence-electron chi connectivity index (χ3n) is 3.81. The van der Waals surface area contributed by atoms with E-state index in [0.717, 1.165) is 16.5 Å². The molecule has 0 spiro atoms. The van der Waals surface area contributed by atoms with E-state index in [9.17, 15) is 4.79 Å². The Morgan fingerprint density at radius 1 is 1.12 bits per heavy atom. The number of aromatic amines is 1. The van der Waals surface area contributed by atoms with Crippen molar-refractivity contribution in [3.63, 3.8) is 0 Å². The first-order valence-corrected chi connectivity index (χ1v) is 7.61. The van der Waals surface area contributed by atoms with Gasteiger partial charge in [0, 0.05) is 35.7 Å². The number of rotatable bonds is 4. The number of aromatic nitrogens is 4. The molecule has 3 aromatic heterocycles. The van der Waals surface area contributed by atoms with Crippen molar-refractivity contribution in [2.45, 2.75) is 6.42 Å². The van der Waals surface area contributed by atoms with Gasteiger partial charge >= 0.3 is 0 Å². The first-order valence-electron chi connectivity index (χ1n) is 7.61. The predicted molar refractivity (Wildman–Crippen MR) is 92.0 cm³/mol. The van der Waals surface area contributed by atoms with Crippen LogP contribution in [0.25, 0.3) is 16.7 Å². The van der Waals surface area contributed by atoms with E-state index in [4.69, 9.17) is 0 Å². The summed E-state index contributed by atoms with van der Waals surface area (Å²) in [5.74, 6) is 0.496. The number of hydrogen-bond acceptors (Lipinski definition) is 3. The molecule has 0 saturated carbocycles. The van der Waals surface area contributed by atoms with E-state index in [1.54, 1.807) is 29.3 Å². The van der Waals surface area contributed by atoms with E-state index in [2.05, 4.69) is 20.4 Å². The molecule has 0 radical (unpaired) electrons. The molecule has 0 aliphatic carbocycles. The maximum Gasteiger partial charge on any atom is 0.228 e. The van der Waals surface area contributed by atoms with Crippen molar-refractivity contribution in [3.8, 4) is 5.82 Å². The highest BCUT2D eigenvalue weighted by Gasteiger charge is 2.12. The van der Waals surface area contributed by atoms with Crippen molar-refractivity contribution in [3.05, 3.63) is 72.8 Å². The summed E-state index contributed by atoms with van der Waals surface area (Å²) in [6.45, 7) is 0. The van der Waals surface area contributed by atoms with Gasteiger partial charge in [0.15, 0.2) is 5.82 Å². The number of benzene rings is 1. The van der Waals surface area contributed by atoms with Crippen molar-refractivity contribution in [2.75, 3.05) is 5.32 Å². The second kappa shape index (κ2) is 6.00. The highest BCUT2D eigenvalue weighted by molar-refractivity contribution is 5.96. The molecule has 118 valence electrons. The van der Waals surface area contributed by atoms with Crippen LogP contribution in [-0.2, 0) is 11.2 Å². The summed E-state index contributed by atoms with van der Waals surface area (Å²) in [4.78, 5) is 19.9. The number of hydrogen-bond donors (Lipinski definition) is 2. The molecule has 1 aromatic carbocycles. The Morgan fingerprint density at radius 3 is 2.92 bits per heavy atom. The van der Waals surface area contributed by atoms with E-state index < -0.39 is 0 Å². The zero-order valence-corrected chi connectivity index (χ0v) is 12.8. The Labute approximate surface area is 138 Å². The van der Waals surface area contributed by atoms with Gasteiger partial charge in [-0.3, -0.25) is 4.79 Å². The molecule has 0 atom stereocenters. The van der Waals surface area contributed by atoms with Crippen molar-refractivity contribution in [1.82, 2.24) is 19.7 Å². The van der Waals surface area contributed by atoms with Gasteiger partial charge in [-0.15, -0.1) is 0 Å². The quantitative estimate of drug-likeness (QED) is 0.607. The molecule has 2 N–H and O–H groups in total. The third kappa shape index (κ3) is 2.65. The third-order valence-corrected chi connectivity index (χ3v) is 3.81. The Morgan fingerprint density at radius 2 is 2.04 bits per heavy atom. The molecule has 0 aliphatic heterocycles. The number of nitrogens with zero attached hydrogens (tertiary/aromatic N) is 3. The van der Waals surface area contributed by atoms with E-state index >= 15 is 0 Å². The fourth-order valence-corrected chi connectivity index (χ4v) is 2.72. The van der Waals surface area contributed by atoms with Crippen LogP contribution in [0.3, 0.4) is 0 Å². The van der Waals surface area contributed by atoms with Crippen LogP contribution in [0.2, 0.25) is 0 Å². The highest BCUT2D eigenvalue weighted by Crippen LogP contribution is 2.20. The largest absolute Gasteiger partial charge is 0.361 e. The minimum absolute atomic E-state index is 0.0961. The van der Waals surface area contributed by atoms with Gasteiger partial charge in [-0.1, -0.05) is 18.2 Å². The van der Waals surface area contributed by atoms with Crippen molar-refractivity contribution in [1.29, 1.82) is 0 Å². The highest BCUT2D eigenvalue weighted by atomic mass is 16.1. The fraction of sp³-hybridized carbons (Fsp3) is 0.0556. The lowest BCUT2D eigenvalue weighted by Gasteiger charge is -2.09. The van der Waals surface area contributed by atoms with Gasteiger partial charge in [0.1, 0.15) is 0 Å². The van der Waals surface area contributed by atoms with Crippen molar-refractivity contribution in [2.24, 2.45) is 0 Å². The SMILES string of the molecule is O=C(Cc1c[nH]c2ccccc12)Nc1cccnc1-n1cccn1. The predicted octanol–water partition coefficient (Wildman–Crippen LogP) is 2.93. The summed E-state index contributed by atoms with van der Waals surface area (Å²) in [5, 5.41) is 8.16. The fourth-order valence-electron chi connectivity index (χ4n) is 2.72. The van der Waals surface area contributed by atoms with Gasteiger partial charge in [0.05, 0.1) is 12.1 Å². The zero-order chi connectivity index (χ0) is 16.4. The Bertz CT molecular complexity index is 988. The number of H-pyrrole nitrogens is 1. The van der Waals surface area contributed by atoms with Crippen molar-refractivity contribution >= 4 is 22.5 Å². The van der Waals surface area contributed by atoms with Gasteiger partial charge in [0.25, 0.3) is 0 Å². The van der Waals surface area contributed by atoms with Gasteiger partial charge < -0.3 is 10.3 Å². The average Bonchev–Trinajstić information content (AvgIpc) is 3.26. The number of para-hydroxylation sites is 1. The van der Waals surface area contributed by atoms with Crippen LogP contribution >= 0.6 is 0 Å².